The van der Waals surface area contributed by atoms with Gasteiger partial charge in [-0.25, -0.2) is 14.6 Å². The summed E-state index contributed by atoms with van der Waals surface area (Å²) in [5.74, 6) is -0.719. The summed E-state index contributed by atoms with van der Waals surface area (Å²) in [5.41, 5.74) is 1.33. The number of hydrogen-bond acceptors (Lipinski definition) is 11. The van der Waals surface area contributed by atoms with E-state index in [0.29, 0.717) is 30.8 Å². The molecule has 0 bridgehead atoms. The number of benzene rings is 2. The lowest BCUT2D eigenvalue weighted by Crippen LogP contribution is -2.38. The van der Waals surface area contributed by atoms with Crippen molar-refractivity contribution >= 4 is 23.8 Å². The van der Waals surface area contributed by atoms with Gasteiger partial charge in [-0.2, -0.15) is 0 Å². The Labute approximate surface area is 324 Å². The van der Waals surface area contributed by atoms with Crippen molar-refractivity contribution in [2.45, 2.75) is 104 Å². The largest absolute Gasteiger partial charge is 0.497 e. The van der Waals surface area contributed by atoms with Crippen LogP contribution in [0.1, 0.15) is 76.4 Å². The third-order valence-corrected chi connectivity index (χ3v) is 9.17. The SMILES string of the molecule is COCOc1cc(N(CCn2ccnc2)C(=O)OC(C)(C)C)cc2c1C(=O)O[C@@H](C)[C@H](C)C=C[C@@H](OCc1ccc(OC)cc1)[C@H]1OC(C)(C)O[C@H]1CC=C2. The number of hydrogen-bond donors (Lipinski definition) is 0. The van der Waals surface area contributed by atoms with Crippen molar-refractivity contribution in [1.82, 2.24) is 9.55 Å². The maximum Gasteiger partial charge on any atom is 0.414 e. The lowest BCUT2D eigenvalue weighted by molar-refractivity contribution is -0.156. The van der Waals surface area contributed by atoms with Gasteiger partial charge in [0.2, 0.25) is 0 Å². The average molecular weight is 762 g/mol. The van der Waals surface area contributed by atoms with E-state index >= 15 is 0 Å². The number of esters is 1. The number of imidazole rings is 1. The molecule has 3 heterocycles. The molecule has 0 unspecified atom stereocenters. The van der Waals surface area contributed by atoms with E-state index in [-0.39, 0.29) is 30.6 Å². The maximum atomic E-state index is 14.1. The zero-order valence-electron chi connectivity index (χ0n) is 33.4. The van der Waals surface area contributed by atoms with Gasteiger partial charge in [0.05, 0.1) is 31.8 Å². The topological polar surface area (TPSA) is 129 Å². The molecule has 2 aliphatic heterocycles. The minimum atomic E-state index is -0.875. The third-order valence-electron chi connectivity index (χ3n) is 9.17. The van der Waals surface area contributed by atoms with E-state index in [1.807, 2.05) is 108 Å². The Morgan fingerprint density at radius 3 is 2.51 bits per heavy atom. The molecule has 0 N–H and O–H groups in total. The molecule has 13 heteroatoms. The molecule has 298 valence electrons. The van der Waals surface area contributed by atoms with E-state index in [4.69, 9.17) is 37.9 Å². The molecule has 5 atom stereocenters. The maximum absolute atomic E-state index is 14.1. The van der Waals surface area contributed by atoms with Gasteiger partial charge in [-0.1, -0.05) is 43.4 Å². The van der Waals surface area contributed by atoms with Crippen LogP contribution >= 0.6 is 0 Å². The van der Waals surface area contributed by atoms with Gasteiger partial charge < -0.3 is 42.5 Å². The van der Waals surface area contributed by atoms with E-state index in [0.717, 1.165) is 11.3 Å². The van der Waals surface area contributed by atoms with Crippen LogP contribution in [0.25, 0.3) is 6.08 Å². The number of methoxy groups -OCH3 is 2. The first-order valence-corrected chi connectivity index (χ1v) is 18.6. The summed E-state index contributed by atoms with van der Waals surface area (Å²) in [6.07, 6.45) is 10.8. The van der Waals surface area contributed by atoms with E-state index in [9.17, 15) is 9.59 Å². The molecule has 0 saturated carbocycles. The molecule has 0 spiro atoms. The second-order valence-corrected chi connectivity index (χ2v) is 15.1. The number of carbonyl (C=O) groups excluding carboxylic acids is 2. The van der Waals surface area contributed by atoms with Crippen molar-refractivity contribution < 1.29 is 47.5 Å². The van der Waals surface area contributed by atoms with Crippen LogP contribution in [0.2, 0.25) is 0 Å². The average Bonchev–Trinajstić information content (AvgIpc) is 3.76. The van der Waals surface area contributed by atoms with E-state index in [1.165, 1.54) is 12.0 Å². The van der Waals surface area contributed by atoms with Crippen LogP contribution in [0.4, 0.5) is 10.5 Å². The highest BCUT2D eigenvalue weighted by Crippen LogP contribution is 2.36. The molecule has 1 saturated heterocycles. The van der Waals surface area contributed by atoms with Gasteiger partial charge in [-0.15, -0.1) is 0 Å². The summed E-state index contributed by atoms with van der Waals surface area (Å²) in [7, 11) is 3.12. The van der Waals surface area contributed by atoms with Gasteiger partial charge >= 0.3 is 12.1 Å². The van der Waals surface area contributed by atoms with Gasteiger partial charge in [0.15, 0.2) is 12.6 Å². The number of amides is 1. The van der Waals surface area contributed by atoms with Crippen LogP contribution in [-0.2, 0) is 41.6 Å². The van der Waals surface area contributed by atoms with Crippen LogP contribution in [0.5, 0.6) is 11.5 Å². The fourth-order valence-corrected chi connectivity index (χ4v) is 6.24. The van der Waals surface area contributed by atoms with Crippen molar-refractivity contribution in [2.75, 3.05) is 32.5 Å². The molecule has 0 radical (unpaired) electrons. The summed E-state index contributed by atoms with van der Waals surface area (Å²) >= 11 is 0. The minimum absolute atomic E-state index is 0.148. The molecule has 2 aliphatic rings. The van der Waals surface area contributed by atoms with Crippen LogP contribution in [-0.4, -0.2) is 85.0 Å². The van der Waals surface area contributed by atoms with Crippen LogP contribution in [0.3, 0.4) is 0 Å². The summed E-state index contributed by atoms with van der Waals surface area (Å²) < 4.78 is 49.9. The smallest absolute Gasteiger partial charge is 0.414 e. The molecule has 13 nitrogen and oxygen atoms in total. The van der Waals surface area contributed by atoms with Crippen LogP contribution in [0, 0.1) is 5.92 Å². The van der Waals surface area contributed by atoms with Crippen molar-refractivity contribution in [3.8, 4) is 11.5 Å². The molecular formula is C42H55N3O10. The minimum Gasteiger partial charge on any atom is -0.497 e. The van der Waals surface area contributed by atoms with Crippen molar-refractivity contribution in [3.63, 3.8) is 0 Å². The highest BCUT2D eigenvalue weighted by molar-refractivity contribution is 5.99. The highest BCUT2D eigenvalue weighted by atomic mass is 16.8. The number of aromatic nitrogens is 2. The zero-order chi connectivity index (χ0) is 39.8. The fraction of sp³-hybridized carbons (Fsp3) is 0.500. The summed E-state index contributed by atoms with van der Waals surface area (Å²) in [5, 5.41) is 0. The standard InChI is InChI=1S/C42H55N3O10/c1-28-13-18-34(50-25-30-14-16-33(49-9)17-15-30)38-35(53-42(6,7)54-38)12-10-11-31-23-32(24-36(51-27-48-8)37(31)39(46)52-29(28)2)45(40(47)55-41(3,4)5)22-21-44-20-19-43-26-44/h10-11,13-20,23-24,26,28-29,34-35,38H,12,21-22,25,27H2,1-9H3/t28-,29+,34-,35+,38-/m1/s1. The molecule has 55 heavy (non-hydrogen) atoms. The Morgan fingerprint density at radius 2 is 1.84 bits per heavy atom. The Morgan fingerprint density at radius 1 is 1.07 bits per heavy atom. The van der Waals surface area contributed by atoms with Gasteiger partial charge in [0.25, 0.3) is 0 Å². The van der Waals surface area contributed by atoms with Gasteiger partial charge in [0.1, 0.15) is 41.0 Å². The zero-order valence-corrected chi connectivity index (χ0v) is 33.4. The quantitative estimate of drug-likeness (QED) is 0.109. The number of anilines is 1. The highest BCUT2D eigenvalue weighted by Gasteiger charge is 2.44. The van der Waals surface area contributed by atoms with Gasteiger partial charge in [0, 0.05) is 44.6 Å². The number of nitrogens with zero attached hydrogens (tertiary/aromatic N) is 3. The predicted octanol–water partition coefficient (Wildman–Crippen LogP) is 7.58. The first kappa shape index (κ1) is 41.5. The second kappa shape index (κ2) is 18.3. The normalized spacial score (nSPS) is 22.6. The third kappa shape index (κ3) is 11.4. The summed E-state index contributed by atoms with van der Waals surface area (Å²) in [6, 6.07) is 11.1. The van der Waals surface area contributed by atoms with Crippen LogP contribution < -0.4 is 14.4 Å². The van der Waals surface area contributed by atoms with Gasteiger partial charge in [-0.05, 0) is 77.3 Å². The first-order chi connectivity index (χ1) is 26.2. The van der Waals surface area contributed by atoms with Gasteiger partial charge in [-0.3, -0.25) is 4.90 Å². The lowest BCUT2D eigenvalue weighted by atomic mass is 9.98. The Balaban J connectivity index is 1.55. The van der Waals surface area contributed by atoms with Crippen molar-refractivity contribution in [3.05, 3.63) is 90.0 Å². The lowest BCUT2D eigenvalue weighted by Gasteiger charge is -2.29. The first-order valence-electron chi connectivity index (χ1n) is 18.6. The van der Waals surface area contributed by atoms with E-state index < -0.39 is 47.9 Å². The molecular weight excluding hydrogens is 706 g/mol. The molecule has 1 fully saturated rings. The molecule has 1 aromatic heterocycles. The number of ether oxygens (including phenoxy) is 8. The van der Waals surface area contributed by atoms with E-state index in [2.05, 4.69) is 4.98 Å². The van der Waals surface area contributed by atoms with Crippen molar-refractivity contribution in [2.24, 2.45) is 5.92 Å². The fourth-order valence-electron chi connectivity index (χ4n) is 6.24. The molecule has 1 amide bonds. The molecule has 2 aromatic carbocycles. The summed E-state index contributed by atoms with van der Waals surface area (Å²) in [6.45, 7) is 13.9. The Kier molecular flexibility index (Phi) is 13.8. The predicted molar refractivity (Wildman–Crippen MR) is 207 cm³/mol. The summed E-state index contributed by atoms with van der Waals surface area (Å²) in [4.78, 5) is 33.6. The Hall–Kier alpha value is -4.69. The number of rotatable bonds is 11. The van der Waals surface area contributed by atoms with Crippen LogP contribution in [0.15, 0.2) is 73.3 Å². The second-order valence-electron chi connectivity index (χ2n) is 15.1. The van der Waals surface area contributed by atoms with Crippen molar-refractivity contribution in [1.29, 1.82) is 0 Å². The molecule has 5 rings (SSSR count). The number of carbonyl (C=O) groups is 2. The Bertz CT molecular complexity index is 1780. The number of fused-ring (bicyclic) bond motifs is 2. The molecule has 0 aliphatic carbocycles. The number of cyclic esters (lactones) is 1. The molecule has 3 aromatic rings. The van der Waals surface area contributed by atoms with E-state index in [1.54, 1.807) is 31.8 Å². The monoisotopic (exact) mass is 761 g/mol.